The molecule has 0 spiro atoms. The third-order valence-electron chi connectivity index (χ3n) is 8.72. The van der Waals surface area contributed by atoms with E-state index < -0.39 is 41.9 Å². The van der Waals surface area contributed by atoms with Crippen molar-refractivity contribution >= 4 is 70.3 Å². The lowest BCUT2D eigenvalue weighted by Gasteiger charge is -2.31. The topological polar surface area (TPSA) is 257 Å². The minimum Gasteiger partial charge on any atom is -0.445 e. The largest absolute Gasteiger partial charge is 0.445 e. The van der Waals surface area contributed by atoms with E-state index in [0.29, 0.717) is 43.6 Å². The molecule has 4 rings (SSSR count). The normalized spacial score (nSPS) is 14.1. The fourth-order valence-corrected chi connectivity index (χ4v) is 6.00. The maximum absolute atomic E-state index is 13.1. The van der Waals surface area contributed by atoms with Gasteiger partial charge in [0.1, 0.15) is 18.3 Å². The summed E-state index contributed by atoms with van der Waals surface area (Å²) in [6.07, 6.45) is 2.39. The molecule has 19 heteroatoms. The van der Waals surface area contributed by atoms with Crippen LogP contribution in [0.25, 0.3) is 0 Å². The second-order valence-electron chi connectivity index (χ2n) is 13.0. The Balaban J connectivity index is 1.22. The van der Waals surface area contributed by atoms with Crippen LogP contribution in [-0.2, 0) is 20.9 Å². The first-order valence-electron chi connectivity index (χ1n) is 17.3. The first kappa shape index (κ1) is 41.4. The van der Waals surface area contributed by atoms with Gasteiger partial charge in [-0.25, -0.2) is 9.59 Å². The Morgan fingerprint density at radius 2 is 1.65 bits per heavy atom. The van der Waals surface area contributed by atoms with Gasteiger partial charge in [0.15, 0.2) is 6.04 Å². The molecule has 2 heterocycles. The summed E-state index contributed by atoms with van der Waals surface area (Å²) in [5, 5.41) is 20.3. The molecule has 7 amide bonds. The van der Waals surface area contributed by atoms with E-state index in [1.54, 1.807) is 35.2 Å². The monoisotopic (exact) mass is 787 g/mol. The van der Waals surface area contributed by atoms with Crippen molar-refractivity contribution in [2.24, 2.45) is 11.7 Å². The van der Waals surface area contributed by atoms with Crippen LogP contribution in [-0.4, -0.2) is 88.6 Å². The molecule has 290 valence electrons. The van der Waals surface area contributed by atoms with Crippen LogP contribution in [0.1, 0.15) is 65.9 Å². The number of urea groups is 1. The maximum Gasteiger partial charge on any atom is 0.410 e. The number of quaternary nitrogens is 1. The minimum absolute atomic E-state index is 0.0108. The SMILES string of the molecule is CC(C)[C@H]([NH3+])C(=O)N[C@@H](CCCNC(N)=O)C(=O)Nc1ccc(COC(=O)N2CCC(NC(=O)c3[nH]ncc3NC(=O)c3c(Cl)cccc3Cl)CC2)cc1. The number of anilines is 2. The third-order valence-corrected chi connectivity index (χ3v) is 9.35. The van der Waals surface area contributed by atoms with Crippen LogP contribution < -0.4 is 38.1 Å². The number of nitrogens with two attached hydrogens (primary N) is 1. The van der Waals surface area contributed by atoms with Crippen LogP contribution in [0, 0.1) is 5.92 Å². The van der Waals surface area contributed by atoms with Gasteiger partial charge in [0.2, 0.25) is 5.91 Å². The second kappa shape index (κ2) is 19.6. The number of amides is 7. The van der Waals surface area contributed by atoms with Crippen LogP contribution in [0.3, 0.4) is 0 Å². The third kappa shape index (κ3) is 11.8. The summed E-state index contributed by atoms with van der Waals surface area (Å²) in [7, 11) is 0. The van der Waals surface area contributed by atoms with E-state index >= 15 is 0 Å². The van der Waals surface area contributed by atoms with Gasteiger partial charge in [-0.05, 0) is 55.5 Å². The highest BCUT2D eigenvalue weighted by Crippen LogP contribution is 2.26. The fraction of sp³-hybridized carbons (Fsp3) is 0.400. The molecule has 0 radical (unpaired) electrons. The molecule has 0 unspecified atom stereocenters. The lowest BCUT2D eigenvalue weighted by molar-refractivity contribution is -0.414. The lowest BCUT2D eigenvalue weighted by Crippen LogP contribution is -2.70. The summed E-state index contributed by atoms with van der Waals surface area (Å²) in [6, 6.07) is 9.04. The number of aromatic nitrogens is 2. The zero-order valence-electron chi connectivity index (χ0n) is 29.9. The quantitative estimate of drug-likeness (QED) is 0.106. The number of nitrogens with one attached hydrogen (secondary N) is 6. The van der Waals surface area contributed by atoms with Gasteiger partial charge < -0.3 is 47.7 Å². The summed E-state index contributed by atoms with van der Waals surface area (Å²) in [4.78, 5) is 77.0. The van der Waals surface area contributed by atoms with Crippen molar-refractivity contribution < 1.29 is 39.2 Å². The van der Waals surface area contributed by atoms with Crippen LogP contribution >= 0.6 is 23.2 Å². The van der Waals surface area contributed by atoms with Crippen LogP contribution in [0.5, 0.6) is 0 Å². The van der Waals surface area contributed by atoms with Gasteiger partial charge in [-0.1, -0.05) is 55.2 Å². The van der Waals surface area contributed by atoms with E-state index in [-0.39, 0.29) is 64.4 Å². The molecule has 0 bridgehead atoms. The molecule has 0 saturated carbocycles. The van der Waals surface area contributed by atoms with Gasteiger partial charge in [0, 0.05) is 37.3 Å². The molecular formula is C35H45Cl2N10O7+. The summed E-state index contributed by atoms with van der Waals surface area (Å²) in [5.74, 6) is -1.90. The molecule has 11 N–H and O–H groups in total. The minimum atomic E-state index is -0.871. The number of benzene rings is 2. The Hall–Kier alpha value is -5.39. The van der Waals surface area contributed by atoms with Crippen molar-refractivity contribution in [3.05, 3.63) is 75.5 Å². The Morgan fingerprint density at radius 1 is 0.981 bits per heavy atom. The molecule has 1 fully saturated rings. The first-order valence-corrected chi connectivity index (χ1v) is 18.1. The predicted molar refractivity (Wildman–Crippen MR) is 201 cm³/mol. The van der Waals surface area contributed by atoms with Crippen LogP contribution in [0.2, 0.25) is 10.0 Å². The first-order chi connectivity index (χ1) is 25.7. The molecule has 1 saturated heterocycles. The number of piperidine rings is 1. The summed E-state index contributed by atoms with van der Waals surface area (Å²) in [6.45, 7) is 4.64. The molecule has 2 aromatic carbocycles. The van der Waals surface area contributed by atoms with E-state index in [9.17, 15) is 28.8 Å². The van der Waals surface area contributed by atoms with Crippen LogP contribution in [0.15, 0.2) is 48.7 Å². The highest BCUT2D eigenvalue weighted by atomic mass is 35.5. The van der Waals surface area contributed by atoms with Crippen molar-refractivity contribution in [3.8, 4) is 0 Å². The van der Waals surface area contributed by atoms with Crippen molar-refractivity contribution in [2.45, 2.75) is 64.3 Å². The number of hydrogen-bond donors (Lipinski definition) is 8. The number of H-pyrrole nitrogens is 1. The van der Waals surface area contributed by atoms with Crippen molar-refractivity contribution in [3.63, 3.8) is 0 Å². The Labute approximate surface area is 321 Å². The molecular weight excluding hydrogens is 743 g/mol. The molecule has 17 nitrogen and oxygen atoms in total. The zero-order chi connectivity index (χ0) is 39.4. The van der Waals surface area contributed by atoms with Gasteiger partial charge in [0.25, 0.3) is 17.7 Å². The average Bonchev–Trinajstić information content (AvgIpc) is 3.60. The molecule has 1 aliphatic rings. The Kier molecular flexibility index (Phi) is 15.0. The lowest BCUT2D eigenvalue weighted by atomic mass is 10.0. The van der Waals surface area contributed by atoms with E-state index in [4.69, 9.17) is 33.7 Å². The highest BCUT2D eigenvalue weighted by Gasteiger charge is 2.29. The maximum atomic E-state index is 13.1. The summed E-state index contributed by atoms with van der Waals surface area (Å²) >= 11 is 12.3. The number of halogens is 2. The van der Waals surface area contributed by atoms with E-state index in [0.717, 1.165) is 0 Å². The van der Waals surface area contributed by atoms with E-state index in [1.807, 2.05) is 13.8 Å². The Morgan fingerprint density at radius 3 is 2.28 bits per heavy atom. The molecule has 0 aliphatic carbocycles. The summed E-state index contributed by atoms with van der Waals surface area (Å²) in [5.41, 5.74) is 10.4. The Bertz CT molecular complexity index is 1790. The number of rotatable bonds is 15. The molecule has 3 aromatic rings. The number of hydrogen-bond acceptors (Lipinski definition) is 8. The zero-order valence-corrected chi connectivity index (χ0v) is 31.4. The van der Waals surface area contributed by atoms with Crippen molar-refractivity contribution in [2.75, 3.05) is 30.3 Å². The molecule has 1 aliphatic heterocycles. The number of carbonyl (C=O) groups is 6. The number of aromatic amines is 1. The van der Waals surface area contributed by atoms with Crippen molar-refractivity contribution in [1.29, 1.82) is 0 Å². The predicted octanol–water partition coefficient (Wildman–Crippen LogP) is 2.64. The number of likely N-dealkylation sites (tertiary alicyclic amines) is 1. The van der Waals surface area contributed by atoms with E-state index in [1.165, 1.54) is 18.3 Å². The number of nitrogens with zero attached hydrogens (tertiary/aromatic N) is 2. The molecule has 1 aromatic heterocycles. The number of ether oxygens (including phenoxy) is 1. The van der Waals surface area contributed by atoms with E-state index in [2.05, 4.69) is 42.5 Å². The van der Waals surface area contributed by atoms with Gasteiger partial charge in [0.05, 0.1) is 27.5 Å². The van der Waals surface area contributed by atoms with Crippen molar-refractivity contribution in [1.82, 2.24) is 31.0 Å². The standard InChI is InChI=1S/C35H44Cl2N10O7/c1-19(2)28(38)32(50)44-25(7-4-14-40-34(39)52)30(48)42-21-10-8-20(9-11-21)18-54-35(53)47-15-12-22(13-16-47)43-33(51)29-26(17-41-46-29)45-31(49)27-23(36)5-3-6-24(27)37/h3,5-6,8-11,17,19,22,25,28H,4,7,12-16,18,38H2,1-2H3,(H,41,46)(H,42,48)(H,43,51)(H,44,50)(H,45,49)(H3,39,40,52)/p+1/t25-,28-/m0/s1. The van der Waals surface area contributed by atoms with Crippen LogP contribution in [0.4, 0.5) is 21.0 Å². The van der Waals surface area contributed by atoms with Gasteiger partial charge in [-0.2, -0.15) is 5.10 Å². The number of primary amides is 1. The molecule has 54 heavy (non-hydrogen) atoms. The summed E-state index contributed by atoms with van der Waals surface area (Å²) < 4.78 is 5.51. The number of carbonyl (C=O) groups excluding carboxylic acids is 6. The smallest absolute Gasteiger partial charge is 0.410 e. The fourth-order valence-electron chi connectivity index (χ4n) is 5.44. The highest BCUT2D eigenvalue weighted by molar-refractivity contribution is 6.40. The van der Waals surface area contributed by atoms with Gasteiger partial charge in [-0.15, -0.1) is 0 Å². The second-order valence-corrected chi connectivity index (χ2v) is 13.8. The van der Waals surface area contributed by atoms with Gasteiger partial charge in [-0.3, -0.25) is 24.3 Å². The van der Waals surface area contributed by atoms with Gasteiger partial charge >= 0.3 is 12.1 Å². The average molecular weight is 789 g/mol. The molecule has 2 atom stereocenters.